The monoisotopic (exact) mass is 457 g/mol. The molecule has 0 atom stereocenters. The fraction of sp³-hybridized carbons (Fsp3) is 0.273. The number of hydrogen-bond donors (Lipinski definition) is 1. The maximum absolute atomic E-state index is 12.5. The summed E-state index contributed by atoms with van der Waals surface area (Å²) in [6, 6.07) is 13.3. The molecule has 1 saturated heterocycles. The van der Waals surface area contributed by atoms with Crippen molar-refractivity contribution in [2.24, 2.45) is 0 Å². The molecule has 1 aliphatic rings. The second kappa shape index (κ2) is 9.60. The molecule has 1 aliphatic heterocycles. The second-order valence-corrected chi connectivity index (χ2v) is 7.63. The van der Waals surface area contributed by atoms with Gasteiger partial charge >= 0.3 is 0 Å². The molecule has 2 amide bonds. The molecule has 2 aromatic carbocycles. The number of hydrogen-bond acceptors (Lipinski definition) is 4. The Morgan fingerprint density at radius 1 is 1.10 bits per heavy atom. The number of nitrogens with zero attached hydrogens (tertiary/aromatic N) is 2. The predicted octanol–water partition coefficient (Wildman–Crippen LogP) is 3.78. The highest BCUT2D eigenvalue weighted by Gasteiger charge is 2.20. The molecule has 3 rings (SSSR count). The Kier molecular flexibility index (Phi) is 6.93. The van der Waals surface area contributed by atoms with Crippen LogP contribution in [-0.4, -0.2) is 50.0 Å². The Morgan fingerprint density at radius 2 is 1.83 bits per heavy atom. The van der Waals surface area contributed by atoms with Crippen molar-refractivity contribution in [3.63, 3.8) is 0 Å². The lowest BCUT2D eigenvalue weighted by Crippen LogP contribution is -2.48. The van der Waals surface area contributed by atoms with E-state index in [0.29, 0.717) is 18.8 Å². The number of anilines is 2. The molecule has 0 radical (unpaired) electrons. The number of halogens is 1. The van der Waals surface area contributed by atoms with Crippen LogP contribution in [0.4, 0.5) is 11.4 Å². The van der Waals surface area contributed by atoms with Crippen LogP contribution in [0.1, 0.15) is 12.5 Å². The molecule has 2 aromatic rings. The Morgan fingerprint density at radius 3 is 2.52 bits per heavy atom. The summed E-state index contributed by atoms with van der Waals surface area (Å²) in [6.45, 7) is 4.42. The Hall–Kier alpha value is -2.80. The average Bonchev–Trinajstić information content (AvgIpc) is 2.73. The molecule has 152 valence electrons. The van der Waals surface area contributed by atoms with E-state index in [0.717, 1.165) is 34.5 Å². The topological polar surface area (TPSA) is 61.9 Å². The van der Waals surface area contributed by atoms with Crippen molar-refractivity contribution in [3.05, 3.63) is 58.6 Å². The van der Waals surface area contributed by atoms with Crippen molar-refractivity contribution in [1.29, 1.82) is 0 Å². The van der Waals surface area contributed by atoms with E-state index < -0.39 is 0 Å². The number of ether oxygens (including phenoxy) is 1. The first-order valence-corrected chi connectivity index (χ1v) is 10.2. The Balaban J connectivity index is 1.70. The normalized spacial score (nSPS) is 14.2. The third-order valence-electron chi connectivity index (χ3n) is 4.83. The lowest BCUT2D eigenvalue weighted by molar-refractivity contribution is -0.129. The quantitative estimate of drug-likeness (QED) is 0.693. The highest BCUT2D eigenvalue weighted by Crippen LogP contribution is 2.27. The van der Waals surface area contributed by atoms with Crippen molar-refractivity contribution in [3.8, 4) is 5.75 Å². The van der Waals surface area contributed by atoms with Crippen LogP contribution in [0.2, 0.25) is 0 Å². The van der Waals surface area contributed by atoms with Crippen LogP contribution < -0.4 is 15.0 Å². The molecule has 6 nitrogen and oxygen atoms in total. The minimum atomic E-state index is -0.221. The van der Waals surface area contributed by atoms with Gasteiger partial charge in [-0.15, -0.1) is 0 Å². The van der Waals surface area contributed by atoms with Crippen LogP contribution in [0.3, 0.4) is 0 Å². The molecule has 0 unspecified atom stereocenters. The highest BCUT2D eigenvalue weighted by atomic mass is 79.9. The lowest BCUT2D eigenvalue weighted by atomic mass is 10.2. The first kappa shape index (κ1) is 20.9. The van der Waals surface area contributed by atoms with Crippen LogP contribution in [0.25, 0.3) is 6.08 Å². The number of methoxy groups -OCH3 is 1. The van der Waals surface area contributed by atoms with Gasteiger partial charge in [-0.25, -0.2) is 0 Å². The fourth-order valence-electron chi connectivity index (χ4n) is 3.29. The van der Waals surface area contributed by atoms with E-state index in [1.165, 1.54) is 6.08 Å². The van der Waals surface area contributed by atoms with Crippen LogP contribution in [-0.2, 0) is 9.59 Å². The number of carbonyl (C=O) groups is 2. The summed E-state index contributed by atoms with van der Waals surface area (Å²) < 4.78 is 6.25. The van der Waals surface area contributed by atoms with Gasteiger partial charge in [0.25, 0.3) is 0 Å². The number of benzene rings is 2. The molecule has 1 N–H and O–H groups in total. The molecular weight excluding hydrogens is 434 g/mol. The van der Waals surface area contributed by atoms with Crippen molar-refractivity contribution in [2.75, 3.05) is 43.5 Å². The van der Waals surface area contributed by atoms with Gasteiger partial charge in [0.15, 0.2) is 0 Å². The molecule has 7 heteroatoms. The molecular formula is C22H24BrN3O3. The minimum absolute atomic E-state index is 0.0966. The zero-order valence-electron chi connectivity index (χ0n) is 16.5. The lowest BCUT2D eigenvalue weighted by Gasteiger charge is -2.36. The van der Waals surface area contributed by atoms with Gasteiger partial charge in [0, 0.05) is 49.2 Å². The van der Waals surface area contributed by atoms with Gasteiger partial charge in [0.2, 0.25) is 11.8 Å². The van der Waals surface area contributed by atoms with Gasteiger partial charge in [-0.3, -0.25) is 9.59 Å². The van der Waals surface area contributed by atoms with Gasteiger partial charge in [0.1, 0.15) is 5.75 Å². The number of piperazine rings is 1. The van der Waals surface area contributed by atoms with Gasteiger partial charge in [-0.1, -0.05) is 28.1 Å². The number of nitrogens with one attached hydrogen (secondary N) is 1. The summed E-state index contributed by atoms with van der Waals surface area (Å²) in [7, 11) is 1.60. The van der Waals surface area contributed by atoms with E-state index in [4.69, 9.17) is 4.74 Å². The molecule has 0 aliphatic carbocycles. The molecule has 1 heterocycles. The zero-order chi connectivity index (χ0) is 20.8. The largest absolute Gasteiger partial charge is 0.496 e. The first-order valence-electron chi connectivity index (χ1n) is 9.40. The summed E-state index contributed by atoms with van der Waals surface area (Å²) in [5, 5.41) is 2.96. The SMILES string of the molecule is COc1ccc(Br)cc1/C=C/C(=O)Nc1ccccc1N1CCN(C(C)=O)CC1. The number of para-hydroxylation sites is 2. The molecule has 29 heavy (non-hydrogen) atoms. The highest BCUT2D eigenvalue weighted by molar-refractivity contribution is 9.10. The van der Waals surface area contributed by atoms with E-state index >= 15 is 0 Å². The van der Waals surface area contributed by atoms with Crippen LogP contribution in [0.15, 0.2) is 53.0 Å². The maximum Gasteiger partial charge on any atom is 0.248 e. The third-order valence-corrected chi connectivity index (χ3v) is 5.33. The number of amides is 2. The number of rotatable bonds is 5. The first-order chi connectivity index (χ1) is 14.0. The maximum atomic E-state index is 12.5. The summed E-state index contributed by atoms with van der Waals surface area (Å²) >= 11 is 3.43. The molecule has 1 fully saturated rings. The minimum Gasteiger partial charge on any atom is -0.496 e. The Bertz CT molecular complexity index is 921. The summed E-state index contributed by atoms with van der Waals surface area (Å²) in [5.74, 6) is 0.571. The summed E-state index contributed by atoms with van der Waals surface area (Å²) in [6.07, 6.45) is 3.22. The van der Waals surface area contributed by atoms with E-state index in [-0.39, 0.29) is 11.8 Å². The third kappa shape index (κ3) is 5.38. The van der Waals surface area contributed by atoms with Gasteiger partial charge < -0.3 is 19.9 Å². The van der Waals surface area contributed by atoms with Crippen molar-refractivity contribution in [1.82, 2.24) is 4.90 Å². The van der Waals surface area contributed by atoms with Crippen LogP contribution in [0.5, 0.6) is 5.75 Å². The molecule has 0 aromatic heterocycles. The van der Waals surface area contributed by atoms with E-state index in [2.05, 4.69) is 26.1 Å². The van der Waals surface area contributed by atoms with Crippen molar-refractivity contribution in [2.45, 2.75) is 6.92 Å². The van der Waals surface area contributed by atoms with E-state index in [1.807, 2.05) is 47.4 Å². The standard InChI is InChI=1S/C22H24BrN3O3/c1-16(27)25-11-13-26(14-12-25)20-6-4-3-5-19(20)24-22(28)10-7-17-15-18(23)8-9-21(17)29-2/h3-10,15H,11-14H2,1-2H3,(H,24,28)/b10-7+. The summed E-state index contributed by atoms with van der Waals surface area (Å²) in [5.41, 5.74) is 2.52. The molecule has 0 spiro atoms. The smallest absolute Gasteiger partial charge is 0.248 e. The fourth-order valence-corrected chi connectivity index (χ4v) is 3.67. The van der Waals surface area contributed by atoms with Gasteiger partial charge in [-0.2, -0.15) is 0 Å². The average molecular weight is 458 g/mol. The molecule has 0 saturated carbocycles. The Labute approximate surface area is 179 Å². The van der Waals surface area contributed by atoms with E-state index in [9.17, 15) is 9.59 Å². The van der Waals surface area contributed by atoms with E-state index in [1.54, 1.807) is 20.1 Å². The van der Waals surface area contributed by atoms with Crippen molar-refractivity contribution >= 4 is 45.2 Å². The predicted molar refractivity (Wildman–Crippen MR) is 119 cm³/mol. The van der Waals surface area contributed by atoms with Crippen LogP contribution >= 0.6 is 15.9 Å². The second-order valence-electron chi connectivity index (χ2n) is 6.72. The van der Waals surface area contributed by atoms with Gasteiger partial charge in [0.05, 0.1) is 18.5 Å². The zero-order valence-corrected chi connectivity index (χ0v) is 18.1. The van der Waals surface area contributed by atoms with Crippen molar-refractivity contribution < 1.29 is 14.3 Å². The summed E-state index contributed by atoms with van der Waals surface area (Å²) in [4.78, 5) is 28.1. The van der Waals surface area contributed by atoms with Gasteiger partial charge in [-0.05, 0) is 36.4 Å². The number of carbonyl (C=O) groups excluding carboxylic acids is 2. The van der Waals surface area contributed by atoms with Crippen LogP contribution in [0, 0.1) is 0 Å². The molecule has 0 bridgehead atoms.